The van der Waals surface area contributed by atoms with Gasteiger partial charge in [0.2, 0.25) is 0 Å². The lowest BCUT2D eigenvalue weighted by Gasteiger charge is -2.15. The van der Waals surface area contributed by atoms with Crippen LogP contribution in [0.1, 0.15) is 22.9 Å². The number of nitrogens with zero attached hydrogens (tertiary/aromatic N) is 4. The molecule has 9 heteroatoms. The third kappa shape index (κ3) is 7.45. The number of carbonyl (C=O) groups excluding carboxylic acids is 1. The van der Waals surface area contributed by atoms with Crippen molar-refractivity contribution in [1.29, 1.82) is 0 Å². The molecule has 1 atom stereocenters. The van der Waals surface area contributed by atoms with Gasteiger partial charge in [-0.2, -0.15) is 10.2 Å². The zero-order valence-electron chi connectivity index (χ0n) is 23.7. The fourth-order valence-electron chi connectivity index (χ4n) is 4.21. The Morgan fingerprint density at radius 2 is 1.69 bits per heavy atom. The van der Waals surface area contributed by atoms with Crippen molar-refractivity contribution in [3.8, 4) is 22.7 Å². The highest BCUT2D eigenvalue weighted by Gasteiger charge is 2.27. The molecule has 0 amide bonds. The lowest BCUT2D eigenvalue weighted by molar-refractivity contribution is -0.142. The maximum atomic E-state index is 12.9. The van der Waals surface area contributed by atoms with Crippen LogP contribution in [0.5, 0.6) is 5.75 Å². The van der Waals surface area contributed by atoms with E-state index in [-0.39, 0.29) is 5.97 Å². The van der Waals surface area contributed by atoms with Gasteiger partial charge in [-0.25, -0.2) is 9.36 Å². The average molecular weight is 547 g/mol. The van der Waals surface area contributed by atoms with Gasteiger partial charge in [-0.15, -0.1) is 0 Å². The Hall–Kier alpha value is -3.69. The first kappa shape index (κ1) is 28.3. The predicted molar refractivity (Wildman–Crippen MR) is 155 cm³/mol. The molecule has 0 aliphatic rings. The summed E-state index contributed by atoms with van der Waals surface area (Å²) >= 11 is 0. The summed E-state index contributed by atoms with van der Waals surface area (Å²) in [5.41, 5.74) is 5.43. The summed E-state index contributed by atoms with van der Waals surface area (Å²) in [6.07, 6.45) is 2.19. The normalized spacial score (nSPS) is 12.4. The maximum Gasteiger partial charge on any atom is 0.315 e. The van der Waals surface area contributed by atoms with E-state index in [2.05, 4.69) is 55.9 Å². The number of rotatable bonds is 12. The van der Waals surface area contributed by atoms with Gasteiger partial charge in [0.15, 0.2) is 0 Å². The van der Waals surface area contributed by atoms with Crippen LogP contribution in [0.3, 0.4) is 0 Å². The molecule has 0 saturated carbocycles. The summed E-state index contributed by atoms with van der Waals surface area (Å²) in [4.78, 5) is 12.9. The average Bonchev–Trinajstić information content (AvgIpc) is 3.57. The van der Waals surface area contributed by atoms with Gasteiger partial charge in [0.25, 0.3) is 0 Å². The Morgan fingerprint density at radius 3 is 2.33 bits per heavy atom. The van der Waals surface area contributed by atoms with Crippen LogP contribution in [0.4, 0.5) is 0 Å². The molecule has 0 N–H and O–H groups in total. The highest BCUT2D eigenvalue weighted by atomic mass is 28.3. The Labute approximate surface area is 231 Å². The molecule has 0 radical (unpaired) electrons. The second-order valence-electron chi connectivity index (χ2n) is 10.9. The number of carbonyl (C=O) groups is 1. The van der Waals surface area contributed by atoms with Gasteiger partial charge in [-0.3, -0.25) is 4.79 Å². The standard InChI is InChI=1S/C30H38N4O4Si/c1-22-7-9-23(10-8-22)29-20-24(31-34(29)25-11-13-26(36-2)14-12-25)19-27(30(35)37-3)28-15-16-33(32-28)21-38-17-18-39(4,5)6/h7-16,20,27H,17-19,21H2,1-6H3. The number of hydrogen-bond acceptors (Lipinski definition) is 6. The van der Waals surface area contributed by atoms with Crippen molar-refractivity contribution >= 4 is 14.0 Å². The SMILES string of the molecule is COC(=O)C(Cc1cc(-c2ccc(C)cc2)n(-c2ccc(OC)cc2)n1)c1ccn(COCC[Si](C)(C)C)n1. The highest BCUT2D eigenvalue weighted by Crippen LogP contribution is 2.28. The van der Waals surface area contributed by atoms with Crippen molar-refractivity contribution in [1.82, 2.24) is 19.6 Å². The van der Waals surface area contributed by atoms with Crippen LogP contribution in [-0.2, 0) is 27.4 Å². The number of ether oxygens (including phenoxy) is 3. The van der Waals surface area contributed by atoms with Crippen LogP contribution < -0.4 is 4.74 Å². The first-order valence-electron chi connectivity index (χ1n) is 13.2. The molecule has 4 rings (SSSR count). The minimum atomic E-state index is -1.16. The van der Waals surface area contributed by atoms with E-state index in [9.17, 15) is 4.79 Å². The molecule has 0 saturated heterocycles. The molecule has 2 aromatic heterocycles. The zero-order chi connectivity index (χ0) is 28.0. The number of esters is 1. The van der Waals surface area contributed by atoms with E-state index in [1.165, 1.54) is 12.7 Å². The molecule has 0 spiro atoms. The Kier molecular flexibility index (Phi) is 9.03. The monoisotopic (exact) mass is 546 g/mol. The molecule has 2 aromatic carbocycles. The largest absolute Gasteiger partial charge is 0.497 e. The van der Waals surface area contributed by atoms with Crippen LogP contribution >= 0.6 is 0 Å². The number of aromatic nitrogens is 4. The molecule has 39 heavy (non-hydrogen) atoms. The van der Waals surface area contributed by atoms with Crippen molar-refractivity contribution < 1.29 is 19.0 Å². The van der Waals surface area contributed by atoms with Crippen molar-refractivity contribution in [2.75, 3.05) is 20.8 Å². The first-order valence-corrected chi connectivity index (χ1v) is 16.9. The molecular formula is C30H38N4O4Si. The van der Waals surface area contributed by atoms with Crippen molar-refractivity contribution in [2.45, 2.75) is 51.7 Å². The summed E-state index contributed by atoms with van der Waals surface area (Å²) in [7, 11) is 1.89. The highest BCUT2D eigenvalue weighted by molar-refractivity contribution is 6.76. The van der Waals surface area contributed by atoms with Crippen molar-refractivity contribution in [2.24, 2.45) is 0 Å². The first-order chi connectivity index (χ1) is 18.7. The summed E-state index contributed by atoms with van der Waals surface area (Å²) in [6, 6.07) is 21.0. The minimum Gasteiger partial charge on any atom is -0.497 e. The third-order valence-corrected chi connectivity index (χ3v) is 8.27. The topological polar surface area (TPSA) is 80.4 Å². The van der Waals surface area contributed by atoms with E-state index in [1.807, 2.05) is 47.3 Å². The van der Waals surface area contributed by atoms with Crippen molar-refractivity contribution in [3.63, 3.8) is 0 Å². The van der Waals surface area contributed by atoms with Gasteiger partial charge < -0.3 is 14.2 Å². The van der Waals surface area contributed by atoms with Gasteiger partial charge in [0.05, 0.1) is 37.0 Å². The lowest BCUT2D eigenvalue weighted by atomic mass is 9.99. The molecule has 0 fully saturated rings. The Bertz CT molecular complexity index is 1370. The molecule has 0 aliphatic carbocycles. The van der Waals surface area contributed by atoms with Crippen LogP contribution in [0.15, 0.2) is 66.9 Å². The van der Waals surface area contributed by atoms with Crippen molar-refractivity contribution in [3.05, 3.63) is 83.8 Å². The second-order valence-corrected chi connectivity index (χ2v) is 16.5. The van der Waals surface area contributed by atoms with Crippen LogP contribution in [0, 0.1) is 6.92 Å². The van der Waals surface area contributed by atoms with E-state index in [0.717, 1.165) is 34.4 Å². The van der Waals surface area contributed by atoms with Crippen LogP contribution in [0.25, 0.3) is 16.9 Å². The molecule has 8 nitrogen and oxygen atoms in total. The minimum absolute atomic E-state index is 0.349. The third-order valence-electron chi connectivity index (χ3n) is 6.56. The Morgan fingerprint density at radius 1 is 0.974 bits per heavy atom. The summed E-state index contributed by atoms with van der Waals surface area (Å²) in [5, 5.41) is 9.56. The van der Waals surface area contributed by atoms with E-state index in [4.69, 9.17) is 19.3 Å². The fourth-order valence-corrected chi connectivity index (χ4v) is 4.97. The van der Waals surface area contributed by atoms with E-state index >= 15 is 0 Å². The number of aryl methyl sites for hydroxylation is 1. The molecule has 1 unspecified atom stereocenters. The molecule has 0 bridgehead atoms. The lowest BCUT2D eigenvalue weighted by Crippen LogP contribution is -2.22. The van der Waals surface area contributed by atoms with Gasteiger partial charge in [0, 0.05) is 32.9 Å². The zero-order valence-corrected chi connectivity index (χ0v) is 24.7. The number of benzene rings is 2. The van der Waals surface area contributed by atoms with Gasteiger partial charge >= 0.3 is 5.97 Å². The molecule has 206 valence electrons. The smallest absolute Gasteiger partial charge is 0.315 e. The quantitative estimate of drug-likeness (QED) is 0.126. The van der Waals surface area contributed by atoms with Gasteiger partial charge in [-0.05, 0) is 49.4 Å². The van der Waals surface area contributed by atoms with Crippen LogP contribution in [-0.4, -0.2) is 54.4 Å². The summed E-state index contributed by atoms with van der Waals surface area (Å²) in [6.45, 7) is 10.1. The molecule has 4 aromatic rings. The second kappa shape index (κ2) is 12.4. The van der Waals surface area contributed by atoms with E-state index in [1.54, 1.807) is 11.8 Å². The van der Waals surface area contributed by atoms with Gasteiger partial charge in [-0.1, -0.05) is 49.5 Å². The number of methoxy groups -OCH3 is 2. The molecule has 2 heterocycles. The summed E-state index contributed by atoms with van der Waals surface area (Å²) < 4.78 is 20.0. The van der Waals surface area contributed by atoms with E-state index < -0.39 is 14.0 Å². The summed E-state index contributed by atoms with van der Waals surface area (Å²) in [5.74, 6) is -0.173. The number of hydrogen-bond donors (Lipinski definition) is 0. The molecule has 0 aliphatic heterocycles. The Balaban J connectivity index is 1.60. The molecular weight excluding hydrogens is 508 g/mol. The van der Waals surface area contributed by atoms with Gasteiger partial charge in [0.1, 0.15) is 18.4 Å². The van der Waals surface area contributed by atoms with E-state index in [0.29, 0.717) is 25.5 Å². The van der Waals surface area contributed by atoms with Crippen LogP contribution in [0.2, 0.25) is 25.7 Å². The fraction of sp³-hybridized carbons (Fsp3) is 0.367. The predicted octanol–water partition coefficient (Wildman–Crippen LogP) is 5.86. The maximum absolute atomic E-state index is 12.9.